The van der Waals surface area contributed by atoms with E-state index < -0.39 is 15.9 Å². The van der Waals surface area contributed by atoms with Gasteiger partial charge in [-0.2, -0.15) is 0 Å². The monoisotopic (exact) mass is 602 g/mol. The number of nitrogens with zero attached hydrogens (tertiary/aromatic N) is 1. The van der Waals surface area contributed by atoms with Gasteiger partial charge in [-0.1, -0.05) is 65.2 Å². The van der Waals surface area contributed by atoms with Gasteiger partial charge < -0.3 is 5.32 Å². The highest BCUT2D eigenvalue weighted by Crippen LogP contribution is 2.31. The normalized spacial score (nSPS) is 11.2. The number of benzene rings is 4. The van der Waals surface area contributed by atoms with Gasteiger partial charge in [-0.15, -0.1) is 0 Å². The van der Waals surface area contributed by atoms with Crippen LogP contribution in [-0.4, -0.2) is 14.3 Å². The summed E-state index contributed by atoms with van der Waals surface area (Å²) in [7, 11) is -4.03. The van der Waals surface area contributed by atoms with E-state index in [1.54, 1.807) is 91.0 Å². The summed E-state index contributed by atoms with van der Waals surface area (Å²) >= 11 is 15.5. The summed E-state index contributed by atoms with van der Waals surface area (Å²) in [5.41, 5.74) is 2.57. The van der Waals surface area contributed by atoms with Crippen molar-refractivity contribution in [2.75, 3.05) is 9.62 Å². The molecular weight excluding hydrogens is 583 g/mol. The molecule has 9 heteroatoms. The number of amides is 1. The van der Waals surface area contributed by atoms with E-state index in [-0.39, 0.29) is 22.7 Å². The third-order valence-electron chi connectivity index (χ3n) is 5.44. The molecule has 184 valence electrons. The number of halogens is 3. The van der Waals surface area contributed by atoms with E-state index >= 15 is 0 Å². The maximum Gasteiger partial charge on any atom is 0.264 e. The quantitative estimate of drug-likeness (QED) is 0.235. The van der Waals surface area contributed by atoms with Crippen LogP contribution in [0, 0.1) is 6.92 Å². The molecule has 4 aromatic rings. The fraction of sp³-hybridized carbons (Fsp3) is 0.0741. The molecule has 0 aromatic heterocycles. The Morgan fingerprint density at radius 3 is 2.25 bits per heavy atom. The number of carbonyl (C=O) groups is 1. The van der Waals surface area contributed by atoms with Gasteiger partial charge in [-0.25, -0.2) is 8.42 Å². The SMILES string of the molecule is Cc1ccc(S(=O)(=O)N(Cc2ccc(Cl)cc2)c2ccccc2C(=O)Nc2ccc(Br)c(Cl)c2)cc1. The fourth-order valence-electron chi connectivity index (χ4n) is 3.55. The largest absolute Gasteiger partial charge is 0.322 e. The Hall–Kier alpha value is -2.84. The minimum Gasteiger partial charge on any atom is -0.322 e. The summed E-state index contributed by atoms with van der Waals surface area (Å²) in [5, 5.41) is 3.79. The Kier molecular flexibility index (Phi) is 8.05. The van der Waals surface area contributed by atoms with E-state index in [1.807, 2.05) is 6.92 Å². The van der Waals surface area contributed by atoms with E-state index in [9.17, 15) is 13.2 Å². The average Bonchev–Trinajstić information content (AvgIpc) is 2.86. The summed E-state index contributed by atoms with van der Waals surface area (Å²) in [6.07, 6.45) is 0. The summed E-state index contributed by atoms with van der Waals surface area (Å²) in [5.74, 6) is -0.468. The molecule has 5 nitrogen and oxygen atoms in total. The van der Waals surface area contributed by atoms with Crippen molar-refractivity contribution in [2.24, 2.45) is 0 Å². The average molecular weight is 604 g/mol. The molecule has 0 spiro atoms. The Bertz CT molecular complexity index is 1510. The Balaban J connectivity index is 1.78. The van der Waals surface area contributed by atoms with Crippen molar-refractivity contribution >= 4 is 66.4 Å². The van der Waals surface area contributed by atoms with Gasteiger partial charge >= 0.3 is 0 Å². The van der Waals surface area contributed by atoms with Crippen LogP contribution in [0.15, 0.2) is 100 Å². The molecule has 4 rings (SSSR count). The Morgan fingerprint density at radius 1 is 0.917 bits per heavy atom. The molecule has 0 atom stereocenters. The molecule has 0 unspecified atom stereocenters. The van der Waals surface area contributed by atoms with Gasteiger partial charge in [0.2, 0.25) is 0 Å². The van der Waals surface area contributed by atoms with Gasteiger partial charge in [-0.05, 0) is 83.0 Å². The first-order chi connectivity index (χ1) is 17.1. The molecule has 1 amide bonds. The van der Waals surface area contributed by atoms with Gasteiger partial charge in [0, 0.05) is 15.2 Å². The van der Waals surface area contributed by atoms with Gasteiger partial charge in [0.1, 0.15) is 0 Å². The summed E-state index contributed by atoms with van der Waals surface area (Å²) in [6.45, 7) is 1.89. The van der Waals surface area contributed by atoms with E-state index in [4.69, 9.17) is 23.2 Å². The van der Waals surface area contributed by atoms with E-state index in [0.29, 0.717) is 25.8 Å². The van der Waals surface area contributed by atoms with E-state index in [0.717, 1.165) is 5.56 Å². The minimum absolute atomic E-state index is 0.00177. The zero-order valence-corrected chi connectivity index (χ0v) is 23.0. The van der Waals surface area contributed by atoms with Gasteiger partial charge in [0.05, 0.1) is 27.7 Å². The summed E-state index contributed by atoms with van der Waals surface area (Å²) < 4.78 is 29.7. The molecule has 0 saturated heterocycles. The number of anilines is 2. The molecule has 0 radical (unpaired) electrons. The lowest BCUT2D eigenvalue weighted by molar-refractivity contribution is 0.102. The number of sulfonamides is 1. The molecule has 0 aliphatic rings. The van der Waals surface area contributed by atoms with Gasteiger partial charge in [0.25, 0.3) is 15.9 Å². The highest BCUT2D eigenvalue weighted by atomic mass is 79.9. The van der Waals surface area contributed by atoms with Crippen molar-refractivity contribution in [3.63, 3.8) is 0 Å². The molecule has 0 heterocycles. The molecular formula is C27H21BrCl2N2O3S. The third kappa shape index (κ3) is 5.93. The number of rotatable bonds is 7. The molecule has 0 aliphatic heterocycles. The van der Waals surface area contributed by atoms with Crippen LogP contribution in [-0.2, 0) is 16.6 Å². The van der Waals surface area contributed by atoms with Crippen LogP contribution in [0.3, 0.4) is 0 Å². The number of hydrogen-bond donors (Lipinski definition) is 1. The van der Waals surface area contributed by atoms with Crippen molar-refractivity contribution in [3.8, 4) is 0 Å². The van der Waals surface area contributed by atoms with Crippen molar-refractivity contribution in [1.82, 2.24) is 0 Å². The van der Waals surface area contributed by atoms with E-state index in [2.05, 4.69) is 21.2 Å². The molecule has 0 aliphatic carbocycles. The first-order valence-corrected chi connectivity index (χ1v) is 13.8. The predicted molar refractivity (Wildman–Crippen MR) is 150 cm³/mol. The zero-order valence-electron chi connectivity index (χ0n) is 19.1. The highest BCUT2D eigenvalue weighted by Gasteiger charge is 2.28. The van der Waals surface area contributed by atoms with Crippen LogP contribution < -0.4 is 9.62 Å². The molecule has 0 saturated carbocycles. The number of hydrogen-bond acceptors (Lipinski definition) is 3. The topological polar surface area (TPSA) is 66.5 Å². The fourth-order valence-corrected chi connectivity index (χ4v) is 5.57. The number of nitrogens with one attached hydrogen (secondary N) is 1. The van der Waals surface area contributed by atoms with Crippen LogP contribution in [0.25, 0.3) is 0 Å². The van der Waals surface area contributed by atoms with Gasteiger partial charge in [-0.3, -0.25) is 9.10 Å². The Labute approximate surface area is 228 Å². The summed E-state index contributed by atoms with van der Waals surface area (Å²) in [6, 6.07) is 25.1. The minimum atomic E-state index is -4.03. The zero-order chi connectivity index (χ0) is 25.9. The van der Waals surface area contributed by atoms with Crippen molar-refractivity contribution in [2.45, 2.75) is 18.4 Å². The maximum atomic E-state index is 13.9. The second-order valence-corrected chi connectivity index (χ2v) is 11.6. The third-order valence-corrected chi connectivity index (χ3v) is 8.70. The smallest absolute Gasteiger partial charge is 0.264 e. The molecule has 36 heavy (non-hydrogen) atoms. The summed E-state index contributed by atoms with van der Waals surface area (Å²) in [4.78, 5) is 13.5. The standard InChI is InChI=1S/C27H21BrCl2N2O3S/c1-18-6-13-22(14-7-18)36(34,35)32(17-19-8-10-20(29)11-9-19)26-5-3-2-4-23(26)27(33)31-21-12-15-24(28)25(30)16-21/h2-16H,17H2,1H3,(H,31,33). The van der Waals surface area contributed by atoms with Crippen LogP contribution in [0.4, 0.5) is 11.4 Å². The van der Waals surface area contributed by atoms with Crippen LogP contribution in [0.1, 0.15) is 21.5 Å². The number of carbonyl (C=O) groups excluding carboxylic acids is 1. The lowest BCUT2D eigenvalue weighted by atomic mass is 10.1. The van der Waals surface area contributed by atoms with Crippen molar-refractivity contribution in [1.29, 1.82) is 0 Å². The molecule has 0 fully saturated rings. The van der Waals surface area contributed by atoms with Crippen LogP contribution in [0.2, 0.25) is 10.0 Å². The number of aryl methyl sites for hydroxylation is 1. The van der Waals surface area contributed by atoms with Crippen molar-refractivity contribution < 1.29 is 13.2 Å². The predicted octanol–water partition coefficient (Wildman–Crippen LogP) is 7.71. The first kappa shape index (κ1) is 26.2. The lowest BCUT2D eigenvalue weighted by Crippen LogP contribution is -2.32. The second-order valence-electron chi connectivity index (χ2n) is 8.05. The second kappa shape index (κ2) is 11.0. The Morgan fingerprint density at radius 2 is 1.58 bits per heavy atom. The lowest BCUT2D eigenvalue weighted by Gasteiger charge is -2.27. The molecule has 0 bridgehead atoms. The van der Waals surface area contributed by atoms with Gasteiger partial charge in [0.15, 0.2) is 0 Å². The molecule has 1 N–H and O–H groups in total. The van der Waals surface area contributed by atoms with Crippen molar-refractivity contribution in [3.05, 3.63) is 122 Å². The van der Waals surface area contributed by atoms with Crippen LogP contribution in [0.5, 0.6) is 0 Å². The molecule has 4 aromatic carbocycles. The van der Waals surface area contributed by atoms with Crippen LogP contribution >= 0.6 is 39.1 Å². The number of para-hydroxylation sites is 1. The highest BCUT2D eigenvalue weighted by molar-refractivity contribution is 9.10. The first-order valence-electron chi connectivity index (χ1n) is 10.8. The van der Waals surface area contributed by atoms with E-state index in [1.165, 1.54) is 4.31 Å². The maximum absolute atomic E-state index is 13.9.